The molecule has 0 unspecified atom stereocenters. The Morgan fingerprint density at radius 2 is 1.60 bits per heavy atom. The number of nitrogens with one attached hydrogen (secondary N) is 2. The van der Waals surface area contributed by atoms with Gasteiger partial charge in [-0.3, -0.25) is 9.52 Å². The van der Waals surface area contributed by atoms with Gasteiger partial charge in [-0.1, -0.05) is 42.0 Å². The third kappa shape index (κ3) is 5.87. The first-order chi connectivity index (χ1) is 14.4. The number of para-hydroxylation sites is 1. The largest absolute Gasteiger partial charge is 0.325 e. The van der Waals surface area contributed by atoms with E-state index in [-0.39, 0.29) is 10.8 Å². The van der Waals surface area contributed by atoms with E-state index in [9.17, 15) is 13.2 Å². The molecule has 0 bridgehead atoms. The molecular weight excluding hydrogens is 416 g/mol. The normalized spacial score (nSPS) is 11.1. The molecule has 0 aromatic heterocycles. The first kappa shape index (κ1) is 21.9. The second-order valence-corrected chi connectivity index (χ2v) is 9.39. The molecule has 7 heteroatoms. The number of benzene rings is 3. The molecule has 0 heterocycles. The van der Waals surface area contributed by atoms with E-state index in [1.165, 1.54) is 0 Å². The van der Waals surface area contributed by atoms with Crippen molar-refractivity contribution in [3.63, 3.8) is 0 Å². The van der Waals surface area contributed by atoms with Gasteiger partial charge in [-0.25, -0.2) is 8.42 Å². The molecule has 3 aromatic carbocycles. The Bertz CT molecular complexity index is 1110. The molecule has 0 aliphatic heterocycles. The molecule has 3 aromatic rings. The van der Waals surface area contributed by atoms with E-state index in [0.717, 1.165) is 21.7 Å². The third-order valence-corrected chi connectivity index (χ3v) is 6.75. The fraction of sp³-hybridized carbons (Fsp3) is 0.174. The first-order valence-electron chi connectivity index (χ1n) is 9.49. The lowest BCUT2D eigenvalue weighted by Crippen LogP contribution is -2.14. The molecular formula is C23H24N2O3S2. The summed E-state index contributed by atoms with van der Waals surface area (Å²) in [5.41, 5.74) is 3.28. The van der Waals surface area contributed by atoms with Gasteiger partial charge in [0.25, 0.3) is 10.0 Å². The molecule has 0 spiro atoms. The van der Waals surface area contributed by atoms with Crippen molar-refractivity contribution < 1.29 is 13.2 Å². The summed E-state index contributed by atoms with van der Waals surface area (Å²) >= 11 is 1.58. The highest BCUT2D eigenvalue weighted by atomic mass is 32.2. The molecule has 1 amide bonds. The average Bonchev–Trinajstić information content (AvgIpc) is 2.74. The van der Waals surface area contributed by atoms with Crippen LogP contribution in [-0.4, -0.2) is 20.6 Å². The van der Waals surface area contributed by atoms with E-state index in [4.69, 9.17) is 0 Å². The summed E-state index contributed by atoms with van der Waals surface area (Å²) in [5, 5.41) is 2.93. The lowest BCUT2D eigenvalue weighted by Gasteiger charge is -2.10. The molecule has 0 saturated carbocycles. The van der Waals surface area contributed by atoms with Crippen LogP contribution in [-0.2, 0) is 21.2 Å². The Hall–Kier alpha value is -2.77. The number of hydrogen-bond acceptors (Lipinski definition) is 4. The van der Waals surface area contributed by atoms with Gasteiger partial charge < -0.3 is 5.32 Å². The van der Waals surface area contributed by atoms with Crippen molar-refractivity contribution in [2.75, 3.05) is 16.3 Å². The van der Waals surface area contributed by atoms with Crippen molar-refractivity contribution in [1.29, 1.82) is 0 Å². The Kier molecular flexibility index (Phi) is 7.18. The zero-order valence-electron chi connectivity index (χ0n) is 16.9. The van der Waals surface area contributed by atoms with Crippen molar-refractivity contribution in [1.82, 2.24) is 0 Å². The lowest BCUT2D eigenvalue weighted by molar-refractivity contribution is -0.116. The summed E-state index contributed by atoms with van der Waals surface area (Å²) in [6.07, 6.45) is 2.81. The van der Waals surface area contributed by atoms with Crippen LogP contribution < -0.4 is 10.0 Å². The van der Waals surface area contributed by atoms with Gasteiger partial charge in [-0.05, 0) is 61.6 Å². The highest BCUT2D eigenvalue weighted by molar-refractivity contribution is 7.98. The van der Waals surface area contributed by atoms with Crippen LogP contribution in [0.15, 0.2) is 82.6 Å². The fourth-order valence-electron chi connectivity index (χ4n) is 2.89. The minimum atomic E-state index is -3.65. The van der Waals surface area contributed by atoms with Gasteiger partial charge in [-0.2, -0.15) is 0 Å². The molecule has 0 atom stereocenters. The molecule has 0 aliphatic carbocycles. The summed E-state index contributed by atoms with van der Waals surface area (Å²) in [5.74, 6) is -0.0748. The second kappa shape index (κ2) is 9.82. The van der Waals surface area contributed by atoms with Crippen LogP contribution in [0.5, 0.6) is 0 Å². The molecule has 0 saturated heterocycles. The Balaban J connectivity index is 1.58. The van der Waals surface area contributed by atoms with Crippen molar-refractivity contribution in [3.8, 4) is 0 Å². The zero-order chi connectivity index (χ0) is 21.6. The van der Waals surface area contributed by atoms with Gasteiger partial charge in [0, 0.05) is 17.0 Å². The van der Waals surface area contributed by atoms with Crippen LogP contribution in [0.1, 0.15) is 17.5 Å². The Labute approximate surface area is 182 Å². The second-order valence-electron chi connectivity index (χ2n) is 6.86. The zero-order valence-corrected chi connectivity index (χ0v) is 18.5. The van der Waals surface area contributed by atoms with Gasteiger partial charge >= 0.3 is 0 Å². The van der Waals surface area contributed by atoms with E-state index < -0.39 is 10.0 Å². The van der Waals surface area contributed by atoms with Crippen molar-refractivity contribution in [2.45, 2.75) is 29.6 Å². The third-order valence-electron chi connectivity index (χ3n) is 4.56. The highest BCUT2D eigenvalue weighted by Crippen LogP contribution is 2.25. The number of rotatable bonds is 8. The smallest absolute Gasteiger partial charge is 0.261 e. The topological polar surface area (TPSA) is 75.3 Å². The van der Waals surface area contributed by atoms with Crippen LogP contribution >= 0.6 is 11.8 Å². The number of carbonyl (C=O) groups excluding carboxylic acids is 1. The monoisotopic (exact) mass is 440 g/mol. The minimum absolute atomic E-state index is 0.0748. The molecule has 0 aliphatic rings. The Morgan fingerprint density at radius 1 is 0.933 bits per heavy atom. The van der Waals surface area contributed by atoms with Gasteiger partial charge in [-0.15, -0.1) is 11.8 Å². The van der Waals surface area contributed by atoms with Crippen molar-refractivity contribution >= 4 is 39.1 Å². The SMILES string of the molecule is CSc1ccccc1NC(=O)CCc1ccc(S(=O)(=O)Nc2ccc(C)cc2)cc1. The van der Waals surface area contributed by atoms with Gasteiger partial charge in [0.05, 0.1) is 10.6 Å². The first-order valence-corrected chi connectivity index (χ1v) is 12.2. The summed E-state index contributed by atoms with van der Waals surface area (Å²) in [6.45, 7) is 1.94. The number of amides is 1. The maximum Gasteiger partial charge on any atom is 0.261 e. The molecule has 156 valence electrons. The molecule has 30 heavy (non-hydrogen) atoms. The van der Waals surface area contributed by atoms with E-state index in [2.05, 4.69) is 10.0 Å². The summed E-state index contributed by atoms with van der Waals surface area (Å²) < 4.78 is 27.7. The fourth-order valence-corrected chi connectivity index (χ4v) is 4.50. The van der Waals surface area contributed by atoms with E-state index in [0.29, 0.717) is 18.5 Å². The van der Waals surface area contributed by atoms with Crippen LogP contribution in [0.3, 0.4) is 0 Å². The standard InChI is InChI=1S/C23H24N2O3S2/c1-17-7-12-19(13-8-17)25-30(27,28)20-14-9-18(10-15-20)11-16-23(26)24-21-5-3-4-6-22(21)29-2/h3-10,12-15,25H,11,16H2,1-2H3,(H,24,26). The number of thioether (sulfide) groups is 1. The maximum absolute atomic E-state index is 12.6. The van der Waals surface area contributed by atoms with Crippen molar-refractivity contribution in [2.24, 2.45) is 0 Å². The van der Waals surface area contributed by atoms with Crippen molar-refractivity contribution in [3.05, 3.63) is 83.9 Å². The van der Waals surface area contributed by atoms with Crippen LogP contribution in [0.25, 0.3) is 0 Å². The number of anilines is 2. The minimum Gasteiger partial charge on any atom is -0.325 e. The van der Waals surface area contributed by atoms with E-state index in [1.807, 2.05) is 49.6 Å². The van der Waals surface area contributed by atoms with E-state index in [1.54, 1.807) is 48.2 Å². The maximum atomic E-state index is 12.6. The predicted octanol–water partition coefficient (Wildman–Crippen LogP) is 5.09. The lowest BCUT2D eigenvalue weighted by atomic mass is 10.1. The number of sulfonamides is 1. The molecule has 0 radical (unpaired) electrons. The Morgan fingerprint density at radius 3 is 2.27 bits per heavy atom. The quantitative estimate of drug-likeness (QED) is 0.479. The number of hydrogen-bond donors (Lipinski definition) is 2. The molecule has 5 nitrogen and oxygen atoms in total. The number of carbonyl (C=O) groups is 1. The van der Waals surface area contributed by atoms with Gasteiger partial charge in [0.2, 0.25) is 5.91 Å². The summed E-state index contributed by atoms with van der Waals surface area (Å²) in [6, 6.07) is 21.4. The molecule has 0 fully saturated rings. The molecule has 3 rings (SSSR count). The average molecular weight is 441 g/mol. The number of aryl methyl sites for hydroxylation is 2. The van der Waals surface area contributed by atoms with Crippen LogP contribution in [0, 0.1) is 6.92 Å². The predicted molar refractivity (Wildman–Crippen MR) is 124 cm³/mol. The van der Waals surface area contributed by atoms with E-state index >= 15 is 0 Å². The summed E-state index contributed by atoms with van der Waals surface area (Å²) in [7, 11) is -3.65. The van der Waals surface area contributed by atoms with Crippen LogP contribution in [0.2, 0.25) is 0 Å². The van der Waals surface area contributed by atoms with Gasteiger partial charge in [0.1, 0.15) is 0 Å². The van der Waals surface area contributed by atoms with Crippen LogP contribution in [0.4, 0.5) is 11.4 Å². The summed E-state index contributed by atoms with van der Waals surface area (Å²) in [4.78, 5) is 13.5. The molecule has 2 N–H and O–H groups in total. The highest BCUT2D eigenvalue weighted by Gasteiger charge is 2.14. The van der Waals surface area contributed by atoms with Gasteiger partial charge in [0.15, 0.2) is 0 Å².